The van der Waals surface area contributed by atoms with Gasteiger partial charge in [-0.3, -0.25) is 4.79 Å². The summed E-state index contributed by atoms with van der Waals surface area (Å²) in [5.74, 6) is -0.647. The van der Waals surface area contributed by atoms with Crippen molar-refractivity contribution in [3.05, 3.63) is 0 Å². The van der Waals surface area contributed by atoms with Crippen LogP contribution in [0.5, 0.6) is 0 Å². The van der Waals surface area contributed by atoms with E-state index in [1.807, 2.05) is 0 Å². The zero-order valence-electron chi connectivity index (χ0n) is 8.73. The molecule has 1 heterocycles. The molecule has 90 valence electrons. The van der Waals surface area contributed by atoms with Gasteiger partial charge in [-0.25, -0.2) is 9.59 Å². The Morgan fingerprint density at radius 3 is 2.75 bits per heavy atom. The van der Waals surface area contributed by atoms with Gasteiger partial charge in [0.05, 0.1) is 12.4 Å². The van der Waals surface area contributed by atoms with Crippen molar-refractivity contribution in [3.8, 4) is 0 Å². The molecule has 1 saturated heterocycles. The van der Waals surface area contributed by atoms with Crippen molar-refractivity contribution in [2.45, 2.75) is 6.04 Å². The van der Waals surface area contributed by atoms with Crippen molar-refractivity contribution in [3.63, 3.8) is 0 Å². The van der Waals surface area contributed by atoms with E-state index in [-0.39, 0.29) is 12.5 Å². The number of rotatable bonds is 3. The average molecular weight is 247 g/mol. The van der Waals surface area contributed by atoms with Gasteiger partial charge in [0, 0.05) is 12.8 Å². The lowest BCUT2D eigenvalue weighted by Gasteiger charge is -2.20. The van der Waals surface area contributed by atoms with Gasteiger partial charge in [-0.2, -0.15) is 0 Å². The average Bonchev–Trinajstić information content (AvgIpc) is 2.74. The summed E-state index contributed by atoms with van der Waals surface area (Å²) in [5.41, 5.74) is 0. The summed E-state index contributed by atoms with van der Waals surface area (Å²) in [4.78, 5) is 34.4. The predicted octanol–water partition coefficient (Wildman–Crippen LogP) is -1.10. The summed E-state index contributed by atoms with van der Waals surface area (Å²) in [5, 5.41) is 13.6. The van der Waals surface area contributed by atoms with E-state index in [0.717, 1.165) is 0 Å². The molecule has 1 aliphatic heterocycles. The monoisotopic (exact) mass is 247 g/mol. The third kappa shape index (κ3) is 3.02. The quantitative estimate of drug-likeness (QED) is 0.588. The highest BCUT2D eigenvalue weighted by atomic mass is 32.2. The highest BCUT2D eigenvalue weighted by Crippen LogP contribution is 2.20. The fraction of sp³-hybridized carbons (Fsp3) is 0.625. The molecule has 1 rings (SSSR count). The number of carbonyl (C=O) groups is 3. The Morgan fingerprint density at radius 1 is 1.50 bits per heavy atom. The molecule has 0 aromatic rings. The summed E-state index contributed by atoms with van der Waals surface area (Å²) in [6, 6.07) is -1.34. The van der Waals surface area contributed by atoms with Crippen LogP contribution in [0.25, 0.3) is 0 Å². The molecule has 1 unspecified atom stereocenters. The topological polar surface area (TPSA) is 98.7 Å². The van der Waals surface area contributed by atoms with Crippen molar-refractivity contribution < 1.29 is 19.5 Å². The number of amides is 3. The number of aliphatic carboxylic acids is 1. The van der Waals surface area contributed by atoms with Crippen molar-refractivity contribution in [1.29, 1.82) is 0 Å². The second-order valence-electron chi connectivity index (χ2n) is 3.16. The molecule has 3 amide bonds. The second-order valence-corrected chi connectivity index (χ2v) is 4.16. The van der Waals surface area contributed by atoms with Gasteiger partial charge in [0.2, 0.25) is 5.91 Å². The Labute approximate surface area is 96.5 Å². The van der Waals surface area contributed by atoms with E-state index in [4.69, 9.17) is 5.11 Å². The summed E-state index contributed by atoms with van der Waals surface area (Å²) in [6.07, 6.45) is 0. The van der Waals surface area contributed by atoms with Crippen molar-refractivity contribution in [2.24, 2.45) is 0 Å². The van der Waals surface area contributed by atoms with Crippen LogP contribution in [-0.4, -0.2) is 59.2 Å². The van der Waals surface area contributed by atoms with Crippen LogP contribution in [0.4, 0.5) is 4.79 Å². The number of urea groups is 1. The van der Waals surface area contributed by atoms with Crippen LogP contribution < -0.4 is 10.6 Å². The fourth-order valence-corrected chi connectivity index (χ4v) is 2.34. The smallest absolute Gasteiger partial charge is 0.327 e. The molecule has 0 aromatic carbocycles. The minimum atomic E-state index is -1.03. The van der Waals surface area contributed by atoms with Gasteiger partial charge >= 0.3 is 12.0 Å². The molecular formula is C8H13N3O4S. The standard InChI is InChI=1S/C8H13N3O4S/c1-9-6(12)2-10-8(15)11-4-16-3-5(11)7(13)14/h5H,2-4H2,1H3,(H,9,12)(H,10,15)(H,13,14). The molecule has 0 spiro atoms. The Morgan fingerprint density at radius 2 is 2.19 bits per heavy atom. The van der Waals surface area contributed by atoms with Crippen LogP contribution in [0.1, 0.15) is 0 Å². The Bertz CT molecular complexity index is 310. The summed E-state index contributed by atoms with van der Waals surface area (Å²) in [7, 11) is 1.46. The van der Waals surface area contributed by atoms with Gasteiger partial charge < -0.3 is 20.6 Å². The highest BCUT2D eigenvalue weighted by Gasteiger charge is 2.34. The molecule has 0 saturated carbocycles. The molecule has 8 heteroatoms. The predicted molar refractivity (Wildman–Crippen MR) is 58.1 cm³/mol. The van der Waals surface area contributed by atoms with Gasteiger partial charge in [-0.1, -0.05) is 0 Å². The molecule has 1 atom stereocenters. The Balaban J connectivity index is 2.47. The number of thioether (sulfide) groups is 1. The van der Waals surface area contributed by atoms with Crippen molar-refractivity contribution >= 4 is 29.7 Å². The van der Waals surface area contributed by atoms with Crippen LogP contribution in [0, 0.1) is 0 Å². The lowest BCUT2D eigenvalue weighted by atomic mass is 10.3. The fourth-order valence-electron chi connectivity index (χ4n) is 1.19. The zero-order chi connectivity index (χ0) is 12.1. The van der Waals surface area contributed by atoms with E-state index in [0.29, 0.717) is 11.6 Å². The second kappa shape index (κ2) is 5.59. The first-order chi connectivity index (χ1) is 7.56. The maximum Gasteiger partial charge on any atom is 0.327 e. The van der Waals surface area contributed by atoms with Crippen LogP contribution in [-0.2, 0) is 9.59 Å². The van der Waals surface area contributed by atoms with Crippen LogP contribution in [0.3, 0.4) is 0 Å². The van der Waals surface area contributed by atoms with E-state index in [1.165, 1.54) is 23.7 Å². The third-order valence-electron chi connectivity index (χ3n) is 2.11. The van der Waals surface area contributed by atoms with E-state index < -0.39 is 18.0 Å². The largest absolute Gasteiger partial charge is 0.480 e. The van der Waals surface area contributed by atoms with Crippen LogP contribution in [0.2, 0.25) is 0 Å². The number of carboxylic acid groups (broad SMARTS) is 1. The van der Waals surface area contributed by atoms with Crippen molar-refractivity contribution in [1.82, 2.24) is 15.5 Å². The Kier molecular flexibility index (Phi) is 4.41. The number of carbonyl (C=O) groups excluding carboxylic acids is 2. The maximum absolute atomic E-state index is 11.5. The van der Waals surface area contributed by atoms with Gasteiger partial charge in [0.1, 0.15) is 6.04 Å². The van der Waals surface area contributed by atoms with Crippen molar-refractivity contribution in [2.75, 3.05) is 25.2 Å². The first kappa shape index (κ1) is 12.6. The highest BCUT2D eigenvalue weighted by molar-refractivity contribution is 7.99. The molecule has 0 aromatic heterocycles. The number of hydrogen-bond acceptors (Lipinski definition) is 4. The van der Waals surface area contributed by atoms with E-state index in [9.17, 15) is 14.4 Å². The van der Waals surface area contributed by atoms with E-state index in [2.05, 4.69) is 10.6 Å². The molecule has 1 fully saturated rings. The zero-order valence-corrected chi connectivity index (χ0v) is 9.54. The number of nitrogens with zero attached hydrogens (tertiary/aromatic N) is 1. The number of hydrogen-bond donors (Lipinski definition) is 3. The minimum Gasteiger partial charge on any atom is -0.480 e. The lowest BCUT2D eigenvalue weighted by Crippen LogP contribution is -2.48. The van der Waals surface area contributed by atoms with Gasteiger partial charge in [0.15, 0.2) is 0 Å². The SMILES string of the molecule is CNC(=O)CNC(=O)N1CSCC1C(=O)O. The van der Waals surface area contributed by atoms with E-state index >= 15 is 0 Å². The summed E-state index contributed by atoms with van der Waals surface area (Å²) in [6.45, 7) is -0.150. The Hall–Kier alpha value is -1.44. The molecule has 1 aliphatic rings. The normalized spacial score (nSPS) is 19.3. The van der Waals surface area contributed by atoms with Crippen LogP contribution >= 0.6 is 11.8 Å². The summed E-state index contributed by atoms with van der Waals surface area (Å²) < 4.78 is 0. The number of nitrogens with one attached hydrogen (secondary N) is 2. The van der Waals surface area contributed by atoms with Crippen LogP contribution in [0.15, 0.2) is 0 Å². The molecular weight excluding hydrogens is 234 g/mol. The molecule has 0 radical (unpaired) electrons. The molecule has 0 aliphatic carbocycles. The molecule has 3 N–H and O–H groups in total. The first-order valence-corrected chi connectivity index (χ1v) is 5.77. The number of likely N-dealkylation sites (N-methyl/N-ethyl adjacent to an activating group) is 1. The van der Waals surface area contributed by atoms with E-state index in [1.54, 1.807) is 0 Å². The van der Waals surface area contributed by atoms with Gasteiger partial charge in [-0.05, 0) is 0 Å². The maximum atomic E-state index is 11.5. The lowest BCUT2D eigenvalue weighted by molar-refractivity contribution is -0.140. The summed E-state index contributed by atoms with van der Waals surface area (Å²) >= 11 is 1.37. The molecule has 0 bridgehead atoms. The molecule has 16 heavy (non-hydrogen) atoms. The van der Waals surface area contributed by atoms with Gasteiger partial charge in [0.25, 0.3) is 0 Å². The third-order valence-corrected chi connectivity index (χ3v) is 3.12. The molecule has 7 nitrogen and oxygen atoms in total. The minimum absolute atomic E-state index is 0.150. The number of carboxylic acids is 1. The van der Waals surface area contributed by atoms with Gasteiger partial charge in [-0.15, -0.1) is 11.8 Å². The first-order valence-electron chi connectivity index (χ1n) is 4.62.